The fourth-order valence-corrected chi connectivity index (χ4v) is 2.17. The lowest BCUT2D eigenvalue weighted by Gasteiger charge is -2.36. The summed E-state index contributed by atoms with van der Waals surface area (Å²) in [5, 5.41) is 8.05. The van der Waals surface area contributed by atoms with Crippen molar-refractivity contribution < 1.29 is 0 Å². The lowest BCUT2D eigenvalue weighted by Crippen LogP contribution is -2.38. The van der Waals surface area contributed by atoms with Gasteiger partial charge in [0.25, 0.3) is 0 Å². The Morgan fingerprint density at radius 3 is 2.59 bits per heavy atom. The van der Waals surface area contributed by atoms with Crippen molar-refractivity contribution in [2.75, 3.05) is 19.6 Å². The monoisotopic (exact) mass is 237 g/mol. The predicted molar refractivity (Wildman–Crippen MR) is 67.4 cm³/mol. The van der Waals surface area contributed by atoms with E-state index in [4.69, 9.17) is 5.73 Å². The van der Waals surface area contributed by atoms with Gasteiger partial charge in [0.1, 0.15) is 0 Å². The van der Waals surface area contributed by atoms with E-state index >= 15 is 0 Å². The Morgan fingerprint density at radius 1 is 1.29 bits per heavy atom. The summed E-state index contributed by atoms with van der Waals surface area (Å²) < 4.78 is 1.89. The molecule has 0 spiro atoms. The minimum Gasteiger partial charge on any atom is -0.325 e. The zero-order chi connectivity index (χ0) is 12.3. The number of rotatable bonds is 4. The molecule has 1 aliphatic rings. The summed E-state index contributed by atoms with van der Waals surface area (Å²) in [6.07, 6.45) is 4.52. The van der Waals surface area contributed by atoms with Crippen molar-refractivity contribution >= 4 is 0 Å². The molecule has 0 saturated carbocycles. The molecule has 1 aromatic rings. The first kappa shape index (κ1) is 12.5. The molecule has 96 valence electrons. The van der Waals surface area contributed by atoms with Gasteiger partial charge in [0.05, 0.1) is 12.2 Å². The second-order valence-corrected chi connectivity index (χ2v) is 5.68. The van der Waals surface area contributed by atoms with Gasteiger partial charge in [-0.2, -0.15) is 0 Å². The van der Waals surface area contributed by atoms with Crippen molar-refractivity contribution in [3.63, 3.8) is 0 Å². The van der Waals surface area contributed by atoms with Crippen molar-refractivity contribution in [2.45, 2.75) is 39.8 Å². The van der Waals surface area contributed by atoms with E-state index in [1.165, 1.54) is 25.9 Å². The molecule has 0 aliphatic carbocycles. The van der Waals surface area contributed by atoms with E-state index in [1.54, 1.807) is 0 Å². The molecule has 1 saturated heterocycles. The Morgan fingerprint density at radius 2 is 2.00 bits per heavy atom. The Bertz CT molecular complexity index is 348. The summed E-state index contributed by atoms with van der Waals surface area (Å²) in [6.45, 7) is 9.55. The van der Waals surface area contributed by atoms with Gasteiger partial charge in [-0.05, 0) is 31.3 Å². The smallest absolute Gasteiger partial charge is 0.0962 e. The van der Waals surface area contributed by atoms with E-state index in [-0.39, 0.29) is 0 Å². The average Bonchev–Trinajstić information content (AvgIpc) is 2.75. The maximum absolute atomic E-state index is 5.51. The van der Waals surface area contributed by atoms with Crippen LogP contribution < -0.4 is 5.73 Å². The van der Waals surface area contributed by atoms with E-state index < -0.39 is 0 Å². The molecule has 0 atom stereocenters. The van der Waals surface area contributed by atoms with E-state index in [1.807, 2.05) is 10.9 Å². The van der Waals surface area contributed by atoms with E-state index in [0.29, 0.717) is 12.0 Å². The topological polar surface area (TPSA) is 60.0 Å². The number of hydrogen-bond acceptors (Lipinski definition) is 4. The number of piperidine rings is 1. The fraction of sp³-hybridized carbons (Fsp3) is 0.833. The molecule has 5 heteroatoms. The summed E-state index contributed by atoms with van der Waals surface area (Å²) in [4.78, 5) is 2.51. The van der Waals surface area contributed by atoms with Gasteiger partial charge in [-0.1, -0.05) is 19.1 Å². The standard InChI is InChI=1S/C12H23N5/c1-12(2)3-5-16(6-4-12)7-8-17-10-11(9-13)14-15-17/h10H,3-9,13H2,1-2H3. The molecule has 0 bridgehead atoms. The summed E-state index contributed by atoms with van der Waals surface area (Å²) in [5.41, 5.74) is 6.90. The minimum absolute atomic E-state index is 0.470. The highest BCUT2D eigenvalue weighted by Gasteiger charge is 2.24. The molecule has 2 N–H and O–H groups in total. The van der Waals surface area contributed by atoms with Crippen LogP contribution in [0.1, 0.15) is 32.4 Å². The predicted octanol–water partition coefficient (Wildman–Crippen LogP) is 0.859. The van der Waals surface area contributed by atoms with Gasteiger partial charge in [-0.3, -0.25) is 4.68 Å². The van der Waals surface area contributed by atoms with Crippen LogP contribution in [0.5, 0.6) is 0 Å². The molecule has 1 fully saturated rings. The zero-order valence-electron chi connectivity index (χ0n) is 10.9. The number of aromatic nitrogens is 3. The van der Waals surface area contributed by atoms with Crippen LogP contribution in [0.15, 0.2) is 6.20 Å². The molecule has 5 nitrogen and oxygen atoms in total. The van der Waals surface area contributed by atoms with Crippen molar-refractivity contribution in [3.05, 3.63) is 11.9 Å². The molecular formula is C12H23N5. The average molecular weight is 237 g/mol. The maximum atomic E-state index is 5.51. The van der Waals surface area contributed by atoms with Crippen LogP contribution in [-0.2, 0) is 13.1 Å². The van der Waals surface area contributed by atoms with Crippen LogP contribution in [0, 0.1) is 5.41 Å². The van der Waals surface area contributed by atoms with Gasteiger partial charge in [0.2, 0.25) is 0 Å². The molecule has 1 aromatic heterocycles. The van der Waals surface area contributed by atoms with Crippen LogP contribution >= 0.6 is 0 Å². The first-order valence-electron chi connectivity index (χ1n) is 6.40. The number of nitrogens with zero attached hydrogens (tertiary/aromatic N) is 4. The quantitative estimate of drug-likeness (QED) is 0.843. The Kier molecular flexibility index (Phi) is 3.79. The van der Waals surface area contributed by atoms with Crippen LogP contribution in [0.4, 0.5) is 0 Å². The van der Waals surface area contributed by atoms with Gasteiger partial charge < -0.3 is 10.6 Å². The number of hydrogen-bond donors (Lipinski definition) is 1. The molecule has 0 unspecified atom stereocenters. The molecular weight excluding hydrogens is 214 g/mol. The summed E-state index contributed by atoms with van der Waals surface area (Å²) in [6, 6.07) is 0. The largest absolute Gasteiger partial charge is 0.325 e. The second kappa shape index (κ2) is 5.14. The molecule has 2 heterocycles. The van der Waals surface area contributed by atoms with Crippen LogP contribution in [0.2, 0.25) is 0 Å². The number of likely N-dealkylation sites (tertiary alicyclic amines) is 1. The third-order valence-corrected chi connectivity index (χ3v) is 3.65. The fourth-order valence-electron chi connectivity index (χ4n) is 2.17. The van der Waals surface area contributed by atoms with E-state index in [9.17, 15) is 0 Å². The Labute approximate surface area is 103 Å². The van der Waals surface area contributed by atoms with Crippen molar-refractivity contribution in [1.29, 1.82) is 0 Å². The van der Waals surface area contributed by atoms with Crippen LogP contribution in [-0.4, -0.2) is 39.5 Å². The summed E-state index contributed by atoms with van der Waals surface area (Å²) >= 11 is 0. The first-order valence-corrected chi connectivity index (χ1v) is 6.40. The van der Waals surface area contributed by atoms with E-state index in [0.717, 1.165) is 18.8 Å². The zero-order valence-corrected chi connectivity index (χ0v) is 10.9. The third kappa shape index (κ3) is 3.51. The van der Waals surface area contributed by atoms with Gasteiger partial charge >= 0.3 is 0 Å². The highest BCUT2D eigenvalue weighted by molar-refractivity contribution is 4.90. The molecule has 17 heavy (non-hydrogen) atoms. The highest BCUT2D eigenvalue weighted by atomic mass is 15.4. The molecule has 0 aromatic carbocycles. The normalized spacial score (nSPS) is 20.6. The third-order valence-electron chi connectivity index (χ3n) is 3.65. The summed E-state index contributed by atoms with van der Waals surface area (Å²) in [7, 11) is 0. The number of nitrogens with two attached hydrogens (primary N) is 1. The second-order valence-electron chi connectivity index (χ2n) is 5.68. The van der Waals surface area contributed by atoms with Crippen molar-refractivity contribution in [2.24, 2.45) is 11.1 Å². The molecule has 0 amide bonds. The lowest BCUT2D eigenvalue weighted by molar-refractivity contribution is 0.128. The Balaban J connectivity index is 1.75. The van der Waals surface area contributed by atoms with Crippen LogP contribution in [0.25, 0.3) is 0 Å². The molecule has 1 aliphatic heterocycles. The molecule has 0 radical (unpaired) electrons. The van der Waals surface area contributed by atoms with Gasteiger partial charge in [0, 0.05) is 19.3 Å². The van der Waals surface area contributed by atoms with Crippen molar-refractivity contribution in [3.8, 4) is 0 Å². The summed E-state index contributed by atoms with van der Waals surface area (Å²) in [5.74, 6) is 0. The first-order chi connectivity index (χ1) is 8.09. The highest BCUT2D eigenvalue weighted by Crippen LogP contribution is 2.29. The van der Waals surface area contributed by atoms with Gasteiger partial charge in [-0.25, -0.2) is 0 Å². The van der Waals surface area contributed by atoms with Crippen molar-refractivity contribution in [1.82, 2.24) is 19.9 Å². The Hall–Kier alpha value is -0.940. The lowest BCUT2D eigenvalue weighted by atomic mass is 9.83. The van der Waals surface area contributed by atoms with Crippen LogP contribution in [0.3, 0.4) is 0 Å². The molecule has 2 rings (SSSR count). The SMILES string of the molecule is CC1(C)CCN(CCn2cc(CN)nn2)CC1. The van der Waals surface area contributed by atoms with Gasteiger partial charge in [0.15, 0.2) is 0 Å². The van der Waals surface area contributed by atoms with Gasteiger partial charge in [-0.15, -0.1) is 5.10 Å². The minimum atomic E-state index is 0.470. The maximum Gasteiger partial charge on any atom is 0.0962 e. The van der Waals surface area contributed by atoms with E-state index in [2.05, 4.69) is 29.1 Å².